The monoisotopic (exact) mass is 286 g/mol. The lowest BCUT2D eigenvalue weighted by molar-refractivity contribution is 0.387. The van der Waals surface area contributed by atoms with Crippen molar-refractivity contribution in [1.29, 1.82) is 0 Å². The Labute approximate surface area is 121 Å². The van der Waals surface area contributed by atoms with E-state index in [1.807, 2.05) is 19.2 Å². The van der Waals surface area contributed by atoms with Crippen LogP contribution < -0.4 is 0 Å². The molecule has 3 aromatic rings. The van der Waals surface area contributed by atoms with Gasteiger partial charge >= 0.3 is 0 Å². The summed E-state index contributed by atoms with van der Waals surface area (Å²) in [7, 11) is 0. The zero-order valence-corrected chi connectivity index (χ0v) is 12.1. The van der Waals surface area contributed by atoms with E-state index in [1.54, 1.807) is 18.0 Å². The number of aromatic nitrogens is 4. The number of hydrogen-bond acceptors (Lipinski definition) is 5. The van der Waals surface area contributed by atoms with Gasteiger partial charge in [-0.15, -0.1) is 0 Å². The van der Waals surface area contributed by atoms with Gasteiger partial charge in [-0.1, -0.05) is 29.1 Å². The van der Waals surface area contributed by atoms with Gasteiger partial charge in [0.1, 0.15) is 0 Å². The third-order valence-corrected chi connectivity index (χ3v) is 3.73. The summed E-state index contributed by atoms with van der Waals surface area (Å²) in [4.78, 5) is 8.57. The van der Waals surface area contributed by atoms with Gasteiger partial charge in [0.25, 0.3) is 0 Å². The molecule has 5 nitrogen and oxygen atoms in total. The van der Waals surface area contributed by atoms with Crippen molar-refractivity contribution in [1.82, 2.24) is 19.7 Å². The quantitative estimate of drug-likeness (QED) is 0.689. The first-order valence-corrected chi connectivity index (χ1v) is 7.23. The summed E-state index contributed by atoms with van der Waals surface area (Å²) in [6.07, 6.45) is 3.75. The molecule has 0 amide bonds. The van der Waals surface area contributed by atoms with Gasteiger partial charge < -0.3 is 4.52 Å². The van der Waals surface area contributed by atoms with Crippen LogP contribution in [0.3, 0.4) is 0 Å². The van der Waals surface area contributed by atoms with Gasteiger partial charge in [0.15, 0.2) is 11.0 Å². The van der Waals surface area contributed by atoms with Crippen molar-refractivity contribution >= 4 is 11.8 Å². The fourth-order valence-corrected chi connectivity index (χ4v) is 2.71. The first-order chi connectivity index (χ1) is 9.72. The van der Waals surface area contributed by atoms with Crippen molar-refractivity contribution in [2.45, 2.75) is 24.8 Å². The van der Waals surface area contributed by atoms with E-state index in [1.165, 1.54) is 5.56 Å². The number of rotatable bonds is 4. The Morgan fingerprint density at radius 1 is 1.30 bits per heavy atom. The fourth-order valence-electron chi connectivity index (χ4n) is 1.90. The van der Waals surface area contributed by atoms with Crippen molar-refractivity contribution in [3.05, 3.63) is 53.9 Å². The van der Waals surface area contributed by atoms with Gasteiger partial charge in [-0.2, -0.15) is 4.98 Å². The van der Waals surface area contributed by atoms with Crippen molar-refractivity contribution in [2.75, 3.05) is 0 Å². The van der Waals surface area contributed by atoms with E-state index in [0.717, 1.165) is 10.8 Å². The van der Waals surface area contributed by atoms with E-state index in [0.29, 0.717) is 17.5 Å². The summed E-state index contributed by atoms with van der Waals surface area (Å²) in [6.45, 7) is 3.89. The Bertz CT molecular complexity index is 719. The minimum absolute atomic E-state index is 0.615. The lowest BCUT2D eigenvalue weighted by atomic mass is 10.2. The van der Waals surface area contributed by atoms with Crippen LogP contribution in [0.4, 0.5) is 0 Å². The summed E-state index contributed by atoms with van der Waals surface area (Å²) in [5.74, 6) is 1.89. The van der Waals surface area contributed by atoms with Crippen molar-refractivity contribution < 1.29 is 4.52 Å². The molecule has 0 aliphatic rings. The zero-order chi connectivity index (χ0) is 13.9. The van der Waals surface area contributed by atoms with E-state index < -0.39 is 0 Å². The minimum Gasteiger partial charge on any atom is -0.338 e. The predicted octanol–water partition coefficient (Wildman–Crippen LogP) is 3.16. The second-order valence-corrected chi connectivity index (χ2v) is 5.39. The van der Waals surface area contributed by atoms with Crippen molar-refractivity contribution in [3.8, 4) is 5.69 Å². The molecule has 20 heavy (non-hydrogen) atoms. The molecule has 3 rings (SSSR count). The van der Waals surface area contributed by atoms with Crippen LogP contribution in [0, 0.1) is 13.8 Å². The third kappa shape index (κ3) is 2.75. The molecule has 2 aromatic heterocycles. The highest BCUT2D eigenvalue weighted by atomic mass is 32.2. The second-order valence-electron chi connectivity index (χ2n) is 4.44. The van der Waals surface area contributed by atoms with Crippen LogP contribution in [-0.4, -0.2) is 19.7 Å². The molecule has 0 fully saturated rings. The van der Waals surface area contributed by atoms with Gasteiger partial charge in [-0.25, -0.2) is 4.98 Å². The van der Waals surface area contributed by atoms with Crippen LogP contribution in [0.15, 0.2) is 46.3 Å². The van der Waals surface area contributed by atoms with E-state index in [-0.39, 0.29) is 0 Å². The van der Waals surface area contributed by atoms with E-state index >= 15 is 0 Å². The molecule has 0 radical (unpaired) electrons. The Kier molecular flexibility index (Phi) is 3.56. The van der Waals surface area contributed by atoms with Gasteiger partial charge in [-0.3, -0.25) is 4.57 Å². The molecule has 0 aliphatic carbocycles. The molecule has 6 heteroatoms. The highest BCUT2D eigenvalue weighted by Crippen LogP contribution is 2.23. The fraction of sp³-hybridized carbons (Fsp3) is 0.214. The van der Waals surface area contributed by atoms with Gasteiger partial charge in [-0.05, 0) is 31.5 Å². The summed E-state index contributed by atoms with van der Waals surface area (Å²) >= 11 is 1.58. The SMILES string of the molecule is Cc1cccc(-n2ccnc2SCc2nc(C)no2)c1. The molecular formula is C14H14N4OS. The minimum atomic E-state index is 0.615. The Balaban J connectivity index is 1.80. The normalized spacial score (nSPS) is 10.9. The molecule has 0 unspecified atom stereocenters. The van der Waals surface area contributed by atoms with Crippen LogP contribution in [0.2, 0.25) is 0 Å². The summed E-state index contributed by atoms with van der Waals surface area (Å²) in [5, 5.41) is 4.69. The Morgan fingerprint density at radius 2 is 2.20 bits per heavy atom. The predicted molar refractivity (Wildman–Crippen MR) is 76.9 cm³/mol. The number of benzene rings is 1. The van der Waals surface area contributed by atoms with Crippen LogP contribution >= 0.6 is 11.8 Å². The third-order valence-electron chi connectivity index (χ3n) is 2.78. The molecule has 102 valence electrons. The van der Waals surface area contributed by atoms with Gasteiger partial charge in [0, 0.05) is 18.1 Å². The molecule has 0 bridgehead atoms. The van der Waals surface area contributed by atoms with Crippen molar-refractivity contribution in [2.24, 2.45) is 0 Å². The number of imidazole rings is 1. The van der Waals surface area contributed by atoms with E-state index in [9.17, 15) is 0 Å². The maximum atomic E-state index is 5.11. The zero-order valence-electron chi connectivity index (χ0n) is 11.3. The smallest absolute Gasteiger partial charge is 0.237 e. The van der Waals surface area contributed by atoms with Crippen LogP contribution in [0.5, 0.6) is 0 Å². The molecule has 0 spiro atoms. The van der Waals surface area contributed by atoms with Crippen molar-refractivity contribution in [3.63, 3.8) is 0 Å². The maximum absolute atomic E-state index is 5.11. The maximum Gasteiger partial charge on any atom is 0.237 e. The second kappa shape index (κ2) is 5.50. The molecular weight excluding hydrogens is 272 g/mol. The largest absolute Gasteiger partial charge is 0.338 e. The molecule has 0 saturated heterocycles. The highest BCUT2D eigenvalue weighted by Gasteiger charge is 2.09. The summed E-state index contributed by atoms with van der Waals surface area (Å²) in [6, 6.07) is 8.31. The average Bonchev–Trinajstić information content (AvgIpc) is 3.05. The lowest BCUT2D eigenvalue weighted by Crippen LogP contribution is -1.95. The molecule has 1 aromatic carbocycles. The molecule has 0 N–H and O–H groups in total. The molecule has 2 heterocycles. The van der Waals surface area contributed by atoms with Crippen LogP contribution in [-0.2, 0) is 5.75 Å². The topological polar surface area (TPSA) is 56.7 Å². The molecule has 0 saturated carbocycles. The number of hydrogen-bond donors (Lipinski definition) is 0. The number of nitrogens with zero attached hydrogens (tertiary/aromatic N) is 4. The number of thioether (sulfide) groups is 1. The van der Waals surface area contributed by atoms with Crippen LogP contribution in [0.1, 0.15) is 17.3 Å². The van der Waals surface area contributed by atoms with Crippen LogP contribution in [0.25, 0.3) is 5.69 Å². The first kappa shape index (κ1) is 12.9. The van der Waals surface area contributed by atoms with Gasteiger partial charge in [0.2, 0.25) is 5.89 Å². The standard InChI is InChI=1S/C14H14N4OS/c1-10-4-3-5-12(8-10)18-7-6-15-14(18)20-9-13-16-11(2)17-19-13/h3-8H,9H2,1-2H3. The van der Waals surface area contributed by atoms with E-state index in [2.05, 4.69) is 44.8 Å². The molecule has 0 atom stereocenters. The number of aryl methyl sites for hydroxylation is 2. The lowest BCUT2D eigenvalue weighted by Gasteiger charge is -2.07. The molecule has 0 aliphatic heterocycles. The van der Waals surface area contributed by atoms with Gasteiger partial charge in [0.05, 0.1) is 5.75 Å². The highest BCUT2D eigenvalue weighted by molar-refractivity contribution is 7.98. The summed E-state index contributed by atoms with van der Waals surface area (Å²) < 4.78 is 7.16. The van der Waals surface area contributed by atoms with E-state index in [4.69, 9.17) is 4.52 Å². The summed E-state index contributed by atoms with van der Waals surface area (Å²) in [5.41, 5.74) is 2.33. The Hall–Kier alpha value is -2.08. The first-order valence-electron chi connectivity index (χ1n) is 6.25. The Morgan fingerprint density at radius 3 is 2.95 bits per heavy atom. The average molecular weight is 286 g/mol.